The zero-order valence-electron chi connectivity index (χ0n) is 5.88. The van der Waals surface area contributed by atoms with Crippen molar-refractivity contribution in [1.29, 1.82) is 0 Å². The van der Waals surface area contributed by atoms with Crippen molar-refractivity contribution in [3.8, 4) is 0 Å². The van der Waals surface area contributed by atoms with Crippen molar-refractivity contribution in [2.24, 2.45) is 0 Å². The zero-order valence-corrected chi connectivity index (χ0v) is 8.27. The van der Waals surface area contributed by atoms with Crippen molar-refractivity contribution < 1.29 is 4.79 Å². The minimum atomic E-state index is -0.0798. The molecule has 1 amide bonds. The highest BCUT2D eigenvalue weighted by atomic mass is 35.5. The molecule has 0 spiro atoms. The van der Waals surface area contributed by atoms with Crippen molar-refractivity contribution in [1.82, 2.24) is 4.90 Å². The Hall–Kier alpha value is 0.200. The van der Waals surface area contributed by atoms with Gasteiger partial charge in [-0.3, -0.25) is 9.69 Å². The van der Waals surface area contributed by atoms with E-state index in [1.54, 1.807) is 16.7 Å². The number of carbonyl (C=O) groups excluding carboxylic acids is 1. The largest absolute Gasteiger partial charge is 0.297 e. The summed E-state index contributed by atoms with van der Waals surface area (Å²) in [7, 11) is 0. The van der Waals surface area contributed by atoms with Gasteiger partial charge in [0.05, 0.1) is 0 Å². The normalized spacial score (nSPS) is 18.6. The molecule has 0 bridgehead atoms. The first kappa shape index (κ1) is 9.29. The molecule has 1 aliphatic heterocycles. The molecule has 0 aromatic heterocycles. The lowest BCUT2D eigenvalue weighted by atomic mass is 10.4. The summed E-state index contributed by atoms with van der Waals surface area (Å²) in [6, 6.07) is 0. The number of hydrogen-bond acceptors (Lipinski definition) is 3. The summed E-state index contributed by atoms with van der Waals surface area (Å²) in [6.07, 6.45) is 1.01. The van der Waals surface area contributed by atoms with Crippen molar-refractivity contribution in [2.45, 2.75) is 6.42 Å². The number of thiocarbonyl (C=S) groups is 1. The van der Waals surface area contributed by atoms with Crippen LogP contribution in [0.4, 0.5) is 0 Å². The Morgan fingerprint density at radius 2 is 2.55 bits per heavy atom. The second kappa shape index (κ2) is 4.28. The number of nitrogens with zero attached hydrogens (tertiary/aromatic N) is 1. The molecule has 0 saturated carbocycles. The molecule has 1 rings (SSSR count). The predicted octanol–water partition coefficient (Wildman–Crippen LogP) is 1.48. The van der Waals surface area contributed by atoms with E-state index in [1.807, 2.05) is 0 Å². The van der Waals surface area contributed by atoms with Gasteiger partial charge >= 0.3 is 0 Å². The van der Waals surface area contributed by atoms with Gasteiger partial charge in [0.1, 0.15) is 10.2 Å². The molecule has 0 radical (unpaired) electrons. The van der Waals surface area contributed by atoms with Gasteiger partial charge in [0.2, 0.25) is 5.91 Å². The van der Waals surface area contributed by atoms with Crippen LogP contribution in [-0.4, -0.2) is 33.3 Å². The summed E-state index contributed by atoms with van der Waals surface area (Å²) < 4.78 is 0.668. The van der Waals surface area contributed by atoms with Gasteiger partial charge in [0, 0.05) is 12.3 Å². The van der Waals surface area contributed by atoms with Crippen LogP contribution in [0.1, 0.15) is 6.42 Å². The van der Waals surface area contributed by atoms with Crippen LogP contribution in [0.2, 0.25) is 0 Å². The monoisotopic (exact) mass is 209 g/mol. The van der Waals surface area contributed by atoms with Crippen LogP contribution < -0.4 is 0 Å². The Labute approximate surface area is 80.3 Å². The third-order valence-electron chi connectivity index (χ3n) is 1.39. The number of amides is 1. The third kappa shape index (κ3) is 2.32. The van der Waals surface area contributed by atoms with Gasteiger partial charge in [-0.2, -0.15) is 0 Å². The SMILES string of the molecule is O=C(CCl)N1CCCSC1=S. The molecule has 2 nitrogen and oxygen atoms in total. The molecule has 5 heteroatoms. The van der Waals surface area contributed by atoms with Crippen LogP contribution >= 0.6 is 35.6 Å². The Balaban J connectivity index is 2.54. The molecule has 1 heterocycles. The maximum Gasteiger partial charge on any atom is 0.242 e. The van der Waals surface area contributed by atoms with Crippen molar-refractivity contribution in [3.63, 3.8) is 0 Å². The lowest BCUT2D eigenvalue weighted by molar-refractivity contribution is -0.124. The molecule has 1 fully saturated rings. The van der Waals surface area contributed by atoms with Gasteiger partial charge in [0.25, 0.3) is 0 Å². The first-order valence-electron chi connectivity index (χ1n) is 3.29. The average molecular weight is 210 g/mol. The maximum atomic E-state index is 11.1. The molecule has 0 aromatic rings. The van der Waals surface area contributed by atoms with Crippen molar-refractivity contribution in [2.75, 3.05) is 18.2 Å². The van der Waals surface area contributed by atoms with Crippen LogP contribution in [0.5, 0.6) is 0 Å². The Morgan fingerprint density at radius 3 is 3.09 bits per heavy atom. The van der Waals surface area contributed by atoms with Crippen LogP contribution in [0.25, 0.3) is 0 Å². The van der Waals surface area contributed by atoms with E-state index in [-0.39, 0.29) is 11.8 Å². The molecule has 0 atom stereocenters. The summed E-state index contributed by atoms with van der Waals surface area (Å²) in [4.78, 5) is 12.7. The van der Waals surface area contributed by atoms with E-state index >= 15 is 0 Å². The maximum absolute atomic E-state index is 11.1. The molecular weight excluding hydrogens is 202 g/mol. The summed E-state index contributed by atoms with van der Waals surface area (Å²) in [6.45, 7) is 0.734. The second-order valence-corrected chi connectivity index (χ2v) is 4.14. The molecule has 0 aromatic carbocycles. The number of carbonyl (C=O) groups is 1. The van der Waals surface area contributed by atoms with Crippen LogP contribution in [0.15, 0.2) is 0 Å². The fourth-order valence-corrected chi connectivity index (χ4v) is 2.23. The van der Waals surface area contributed by atoms with Gasteiger partial charge in [-0.1, -0.05) is 24.0 Å². The van der Waals surface area contributed by atoms with Crippen molar-refractivity contribution in [3.05, 3.63) is 0 Å². The quantitative estimate of drug-likeness (QED) is 0.482. The highest BCUT2D eigenvalue weighted by Crippen LogP contribution is 2.17. The van der Waals surface area contributed by atoms with Gasteiger partial charge < -0.3 is 0 Å². The highest BCUT2D eigenvalue weighted by Gasteiger charge is 2.20. The van der Waals surface area contributed by atoms with E-state index < -0.39 is 0 Å². The van der Waals surface area contributed by atoms with Crippen LogP contribution in [0.3, 0.4) is 0 Å². The standard InChI is InChI=1S/C6H8ClNOS2/c7-4-5(9)8-2-1-3-11-6(8)10/h1-4H2. The van der Waals surface area contributed by atoms with Gasteiger partial charge in [-0.15, -0.1) is 11.6 Å². The van der Waals surface area contributed by atoms with E-state index in [4.69, 9.17) is 23.8 Å². The average Bonchev–Trinajstić information content (AvgIpc) is 2.04. The Bertz CT molecular complexity index is 177. The molecule has 0 N–H and O–H groups in total. The third-order valence-corrected chi connectivity index (χ3v) is 3.15. The molecular formula is C6H8ClNOS2. The number of halogens is 1. The topological polar surface area (TPSA) is 20.3 Å². The zero-order chi connectivity index (χ0) is 8.27. The van der Waals surface area contributed by atoms with Crippen molar-refractivity contribution >= 4 is 45.8 Å². The van der Waals surface area contributed by atoms with Gasteiger partial charge in [0.15, 0.2) is 0 Å². The molecule has 0 aliphatic carbocycles. The Morgan fingerprint density at radius 1 is 1.82 bits per heavy atom. The Kier molecular flexibility index (Phi) is 3.62. The van der Waals surface area contributed by atoms with Crippen LogP contribution in [0, 0.1) is 0 Å². The number of thioether (sulfide) groups is 1. The number of alkyl halides is 1. The lowest BCUT2D eigenvalue weighted by Gasteiger charge is -2.25. The lowest BCUT2D eigenvalue weighted by Crippen LogP contribution is -2.38. The smallest absolute Gasteiger partial charge is 0.242 e. The summed E-state index contributed by atoms with van der Waals surface area (Å²) in [5.41, 5.74) is 0. The van der Waals surface area contributed by atoms with Crippen LogP contribution in [-0.2, 0) is 4.79 Å². The second-order valence-electron chi connectivity index (χ2n) is 2.15. The van der Waals surface area contributed by atoms with E-state index in [2.05, 4.69) is 0 Å². The molecule has 1 saturated heterocycles. The van der Waals surface area contributed by atoms with E-state index in [9.17, 15) is 4.79 Å². The molecule has 1 aliphatic rings. The first-order valence-corrected chi connectivity index (χ1v) is 5.21. The van der Waals surface area contributed by atoms with E-state index in [1.165, 1.54) is 0 Å². The minimum absolute atomic E-state index is 0.0285. The summed E-state index contributed by atoms with van der Waals surface area (Å²) in [5.74, 6) is 0.967. The molecule has 11 heavy (non-hydrogen) atoms. The molecule has 0 unspecified atom stereocenters. The summed E-state index contributed by atoms with van der Waals surface area (Å²) >= 11 is 11.9. The van der Waals surface area contributed by atoms with Gasteiger partial charge in [-0.05, 0) is 6.42 Å². The van der Waals surface area contributed by atoms with Gasteiger partial charge in [-0.25, -0.2) is 0 Å². The molecule has 62 valence electrons. The fraction of sp³-hybridized carbons (Fsp3) is 0.667. The highest BCUT2D eigenvalue weighted by molar-refractivity contribution is 8.23. The van der Waals surface area contributed by atoms with E-state index in [0.717, 1.165) is 18.7 Å². The van der Waals surface area contributed by atoms with E-state index in [0.29, 0.717) is 4.32 Å². The summed E-state index contributed by atoms with van der Waals surface area (Å²) in [5, 5.41) is 0. The minimum Gasteiger partial charge on any atom is -0.297 e. The predicted molar refractivity (Wildman–Crippen MR) is 52.1 cm³/mol. The fourth-order valence-electron chi connectivity index (χ4n) is 0.850. The first-order chi connectivity index (χ1) is 5.25. The number of rotatable bonds is 1. The number of hydrogen-bond donors (Lipinski definition) is 0.